The Labute approximate surface area is 206 Å². The number of morpholine rings is 1. The first-order valence-electron chi connectivity index (χ1n) is 11.4. The van der Waals surface area contributed by atoms with Crippen LogP contribution >= 0.6 is 11.6 Å². The van der Waals surface area contributed by atoms with E-state index < -0.39 is 11.7 Å². The number of benzene rings is 1. The van der Waals surface area contributed by atoms with Crippen LogP contribution in [0.1, 0.15) is 5.56 Å². The van der Waals surface area contributed by atoms with E-state index in [1.807, 2.05) is 35.2 Å². The number of piperazine rings is 1. The molecule has 0 unspecified atom stereocenters. The molecule has 0 spiro atoms. The van der Waals surface area contributed by atoms with Crippen molar-refractivity contribution < 1.29 is 17.9 Å². The highest BCUT2D eigenvalue weighted by molar-refractivity contribution is 6.30. The van der Waals surface area contributed by atoms with Crippen molar-refractivity contribution in [3.8, 4) is 11.3 Å². The molecule has 5 rings (SSSR count). The van der Waals surface area contributed by atoms with Crippen molar-refractivity contribution >= 4 is 29.2 Å². The van der Waals surface area contributed by atoms with Crippen LogP contribution in [0.5, 0.6) is 0 Å². The van der Waals surface area contributed by atoms with Crippen LogP contribution in [0, 0.1) is 0 Å². The Hall–Kier alpha value is -3.11. The highest BCUT2D eigenvalue weighted by Crippen LogP contribution is 2.35. The molecule has 2 aromatic heterocycles. The van der Waals surface area contributed by atoms with Gasteiger partial charge in [-0.3, -0.25) is 0 Å². The summed E-state index contributed by atoms with van der Waals surface area (Å²) in [5, 5.41) is 0.611. The molecule has 0 N–H and O–H groups in total. The second kappa shape index (κ2) is 9.87. The van der Waals surface area contributed by atoms with E-state index in [1.54, 1.807) is 4.90 Å². The zero-order valence-electron chi connectivity index (χ0n) is 18.9. The number of nitrogens with zero attached hydrogens (tertiary/aromatic N) is 6. The maximum Gasteiger partial charge on any atom is 0.419 e. The van der Waals surface area contributed by atoms with Gasteiger partial charge in [0.1, 0.15) is 11.6 Å². The molecule has 2 saturated heterocycles. The summed E-state index contributed by atoms with van der Waals surface area (Å²) in [5.74, 6) is 1.29. The van der Waals surface area contributed by atoms with Crippen LogP contribution in [0.15, 0.2) is 48.7 Å². The molecule has 184 valence electrons. The monoisotopic (exact) mass is 504 g/mol. The molecule has 0 bridgehead atoms. The number of ether oxygens (including phenoxy) is 1. The summed E-state index contributed by atoms with van der Waals surface area (Å²) >= 11 is 6.22. The number of halogens is 4. The Bertz CT molecular complexity index is 1180. The summed E-state index contributed by atoms with van der Waals surface area (Å²) in [5.41, 5.74) is 0.894. The molecule has 7 nitrogen and oxygen atoms in total. The van der Waals surface area contributed by atoms with Gasteiger partial charge in [0.05, 0.1) is 24.5 Å². The smallest absolute Gasteiger partial charge is 0.378 e. The molecule has 2 aliphatic rings. The summed E-state index contributed by atoms with van der Waals surface area (Å²) in [4.78, 5) is 19.5. The first kappa shape index (κ1) is 23.6. The van der Waals surface area contributed by atoms with Gasteiger partial charge >= 0.3 is 6.18 Å². The number of anilines is 3. The van der Waals surface area contributed by atoms with Crippen molar-refractivity contribution in [2.75, 3.05) is 67.2 Å². The SMILES string of the molecule is FC(F)(F)c1cccnc1N1CCN(c2nc(-c3cccc(Cl)c3)cc(N3CCOCC3)n2)CC1. The number of pyridine rings is 1. The lowest BCUT2D eigenvalue weighted by Gasteiger charge is -2.37. The third-order valence-corrected chi connectivity index (χ3v) is 6.35. The predicted octanol–water partition coefficient (Wildman–Crippen LogP) is 4.37. The van der Waals surface area contributed by atoms with Gasteiger partial charge in [-0.1, -0.05) is 23.7 Å². The summed E-state index contributed by atoms with van der Waals surface area (Å²) in [6, 6.07) is 11.8. The summed E-state index contributed by atoms with van der Waals surface area (Å²) < 4.78 is 45.9. The van der Waals surface area contributed by atoms with Crippen LogP contribution in [0.25, 0.3) is 11.3 Å². The minimum Gasteiger partial charge on any atom is -0.378 e. The van der Waals surface area contributed by atoms with Crippen molar-refractivity contribution in [1.82, 2.24) is 15.0 Å². The molecular formula is C24H24ClF3N6O. The molecule has 2 aliphatic heterocycles. The molecular weight excluding hydrogens is 481 g/mol. The molecule has 0 atom stereocenters. The van der Waals surface area contributed by atoms with E-state index in [-0.39, 0.29) is 5.82 Å². The van der Waals surface area contributed by atoms with Crippen molar-refractivity contribution in [3.63, 3.8) is 0 Å². The van der Waals surface area contributed by atoms with Crippen LogP contribution in [-0.2, 0) is 10.9 Å². The van der Waals surface area contributed by atoms with Gasteiger partial charge in [-0.05, 0) is 24.3 Å². The minimum absolute atomic E-state index is 0.0396. The van der Waals surface area contributed by atoms with Crippen molar-refractivity contribution in [3.05, 3.63) is 59.2 Å². The summed E-state index contributed by atoms with van der Waals surface area (Å²) in [7, 11) is 0. The van der Waals surface area contributed by atoms with Crippen LogP contribution < -0.4 is 14.7 Å². The number of aromatic nitrogens is 3. The van der Waals surface area contributed by atoms with Gasteiger partial charge in [-0.2, -0.15) is 18.2 Å². The van der Waals surface area contributed by atoms with Gasteiger partial charge in [-0.25, -0.2) is 9.97 Å². The topological polar surface area (TPSA) is 57.6 Å². The fourth-order valence-electron chi connectivity index (χ4n) is 4.30. The predicted molar refractivity (Wildman–Crippen MR) is 129 cm³/mol. The Morgan fingerprint density at radius 3 is 2.29 bits per heavy atom. The fourth-order valence-corrected chi connectivity index (χ4v) is 4.49. The van der Waals surface area contributed by atoms with E-state index in [2.05, 4.69) is 9.88 Å². The molecule has 3 aromatic rings. The lowest BCUT2D eigenvalue weighted by molar-refractivity contribution is -0.137. The largest absolute Gasteiger partial charge is 0.419 e. The Balaban J connectivity index is 1.42. The number of alkyl halides is 3. The van der Waals surface area contributed by atoms with Gasteiger partial charge in [0.2, 0.25) is 5.95 Å². The maximum absolute atomic E-state index is 13.5. The van der Waals surface area contributed by atoms with E-state index in [0.29, 0.717) is 50.4 Å². The highest BCUT2D eigenvalue weighted by atomic mass is 35.5. The Morgan fingerprint density at radius 1 is 0.829 bits per heavy atom. The molecule has 2 fully saturated rings. The van der Waals surface area contributed by atoms with E-state index in [0.717, 1.165) is 36.2 Å². The molecule has 35 heavy (non-hydrogen) atoms. The fraction of sp³-hybridized carbons (Fsp3) is 0.375. The molecule has 0 amide bonds. The molecule has 0 aliphatic carbocycles. The van der Waals surface area contributed by atoms with E-state index in [9.17, 15) is 13.2 Å². The molecule has 1 aromatic carbocycles. The number of hydrogen-bond acceptors (Lipinski definition) is 7. The zero-order chi connectivity index (χ0) is 24.4. The second-order valence-corrected chi connectivity index (χ2v) is 8.80. The zero-order valence-corrected chi connectivity index (χ0v) is 19.6. The van der Waals surface area contributed by atoms with Crippen LogP contribution in [-0.4, -0.2) is 67.4 Å². The quantitative estimate of drug-likeness (QED) is 0.523. The average Bonchev–Trinajstić information content (AvgIpc) is 2.88. The van der Waals surface area contributed by atoms with E-state index >= 15 is 0 Å². The summed E-state index contributed by atoms with van der Waals surface area (Å²) in [6.07, 6.45) is -3.06. The third kappa shape index (κ3) is 5.28. The summed E-state index contributed by atoms with van der Waals surface area (Å²) in [6.45, 7) is 4.37. The third-order valence-electron chi connectivity index (χ3n) is 6.11. The van der Waals surface area contributed by atoms with Crippen LogP contribution in [0.2, 0.25) is 5.02 Å². The molecule has 11 heteroatoms. The standard InChI is InChI=1S/C24H24ClF3N6O/c25-18-4-1-3-17(15-18)20-16-21(32-11-13-35-14-12-32)31-23(30-20)34-9-7-33(8-10-34)22-19(24(26,27)28)5-2-6-29-22/h1-6,15-16H,7-14H2. The van der Waals surface area contributed by atoms with Gasteiger partial charge in [0.15, 0.2) is 0 Å². The number of hydrogen-bond donors (Lipinski definition) is 0. The first-order valence-corrected chi connectivity index (χ1v) is 11.8. The van der Waals surface area contributed by atoms with Crippen molar-refractivity contribution in [2.45, 2.75) is 6.18 Å². The normalized spacial score (nSPS) is 17.1. The molecule has 0 radical (unpaired) electrons. The second-order valence-electron chi connectivity index (χ2n) is 8.37. The van der Waals surface area contributed by atoms with Gasteiger partial charge < -0.3 is 19.4 Å². The van der Waals surface area contributed by atoms with Gasteiger partial charge in [-0.15, -0.1) is 0 Å². The Morgan fingerprint density at radius 2 is 1.57 bits per heavy atom. The maximum atomic E-state index is 13.5. The Kier molecular flexibility index (Phi) is 6.66. The van der Waals surface area contributed by atoms with E-state index in [1.165, 1.54) is 12.3 Å². The lowest BCUT2D eigenvalue weighted by Crippen LogP contribution is -2.48. The average molecular weight is 505 g/mol. The molecule has 4 heterocycles. The highest BCUT2D eigenvalue weighted by Gasteiger charge is 2.36. The lowest BCUT2D eigenvalue weighted by atomic mass is 10.1. The van der Waals surface area contributed by atoms with Crippen molar-refractivity contribution in [1.29, 1.82) is 0 Å². The number of rotatable bonds is 4. The van der Waals surface area contributed by atoms with Crippen LogP contribution in [0.4, 0.5) is 30.8 Å². The minimum atomic E-state index is -4.46. The molecule has 0 saturated carbocycles. The van der Waals surface area contributed by atoms with Gasteiger partial charge in [0, 0.05) is 62.1 Å². The first-order chi connectivity index (χ1) is 16.9. The van der Waals surface area contributed by atoms with Crippen molar-refractivity contribution in [2.24, 2.45) is 0 Å². The van der Waals surface area contributed by atoms with Gasteiger partial charge in [0.25, 0.3) is 0 Å². The van der Waals surface area contributed by atoms with Crippen LogP contribution in [0.3, 0.4) is 0 Å². The van der Waals surface area contributed by atoms with E-state index in [4.69, 9.17) is 26.3 Å².